The second kappa shape index (κ2) is 64.4. The Balaban J connectivity index is 3.42. The van der Waals surface area contributed by atoms with E-state index in [1.165, 1.54) is 212 Å². The number of unbranched alkanes of at least 4 members (excludes halogenated alkanes) is 37. The summed E-state index contributed by atoms with van der Waals surface area (Å²) >= 11 is 0. The van der Waals surface area contributed by atoms with Crippen molar-refractivity contribution < 1.29 is 24.2 Å². The van der Waals surface area contributed by atoms with Crippen LogP contribution in [0.1, 0.15) is 322 Å². The van der Waals surface area contributed by atoms with Gasteiger partial charge in [-0.2, -0.15) is 0 Å². The van der Waals surface area contributed by atoms with Gasteiger partial charge >= 0.3 is 11.9 Å². The molecule has 1 atom stereocenters. The minimum atomic E-state index is -0.780. The Labute approximate surface area is 460 Å². The van der Waals surface area contributed by atoms with E-state index < -0.39 is 6.10 Å². The average molecular weight is 1030 g/mol. The average Bonchev–Trinajstić information content (AvgIpc) is 3.40. The van der Waals surface area contributed by atoms with Gasteiger partial charge in [-0.15, -0.1) is 0 Å². The number of hydrogen-bond acceptors (Lipinski definition) is 5. The maximum Gasteiger partial charge on any atom is 0.306 e. The zero-order chi connectivity index (χ0) is 53.4. The molecular weight excluding hydrogens is 909 g/mol. The van der Waals surface area contributed by atoms with Gasteiger partial charge in [-0.3, -0.25) is 9.59 Å². The molecule has 1 unspecified atom stereocenters. The van der Waals surface area contributed by atoms with Gasteiger partial charge in [-0.1, -0.05) is 304 Å². The van der Waals surface area contributed by atoms with Crippen LogP contribution in [0.5, 0.6) is 0 Å². The SMILES string of the molecule is CC/C=C\C/C=C\C/C=C\C/C=C\CCCCCCCCCCC(=O)OC(CO)COC(=O)CCCCCCCCCCCCCCCCCCCCCCCCCC/C=C\C/C=C\C/C=C\CCCCCCC. The molecule has 0 bridgehead atoms. The zero-order valence-electron chi connectivity index (χ0n) is 49.1. The van der Waals surface area contributed by atoms with Crippen molar-refractivity contribution in [1.29, 1.82) is 0 Å². The van der Waals surface area contributed by atoms with Crippen LogP contribution in [-0.2, 0) is 19.1 Å². The zero-order valence-corrected chi connectivity index (χ0v) is 49.1. The lowest BCUT2D eigenvalue weighted by molar-refractivity contribution is -0.161. The fourth-order valence-electron chi connectivity index (χ4n) is 9.38. The molecule has 0 fully saturated rings. The first-order valence-corrected chi connectivity index (χ1v) is 32.1. The molecule has 74 heavy (non-hydrogen) atoms. The summed E-state index contributed by atoms with van der Waals surface area (Å²) in [4.78, 5) is 24.6. The third kappa shape index (κ3) is 61.6. The fraction of sp³-hybridized carbons (Fsp3) is 0.768. The lowest BCUT2D eigenvalue weighted by Gasteiger charge is -2.15. The molecule has 0 saturated heterocycles. The third-order valence-corrected chi connectivity index (χ3v) is 14.2. The van der Waals surface area contributed by atoms with Crippen LogP contribution in [0.25, 0.3) is 0 Å². The molecule has 0 aliphatic carbocycles. The van der Waals surface area contributed by atoms with E-state index in [-0.39, 0.29) is 25.2 Å². The van der Waals surface area contributed by atoms with E-state index in [0.717, 1.165) is 83.5 Å². The second-order valence-corrected chi connectivity index (χ2v) is 21.5. The van der Waals surface area contributed by atoms with E-state index in [1.54, 1.807) is 0 Å². The third-order valence-electron chi connectivity index (χ3n) is 14.2. The van der Waals surface area contributed by atoms with Gasteiger partial charge in [0, 0.05) is 12.8 Å². The molecular formula is C69H122O5. The van der Waals surface area contributed by atoms with Gasteiger partial charge in [0.25, 0.3) is 0 Å². The van der Waals surface area contributed by atoms with Crippen molar-refractivity contribution >= 4 is 11.9 Å². The largest absolute Gasteiger partial charge is 0.462 e. The Bertz CT molecular complexity index is 1350. The molecule has 0 aromatic carbocycles. The van der Waals surface area contributed by atoms with Crippen LogP contribution in [0.4, 0.5) is 0 Å². The van der Waals surface area contributed by atoms with Gasteiger partial charge in [0.2, 0.25) is 0 Å². The molecule has 0 radical (unpaired) electrons. The first-order valence-electron chi connectivity index (χ1n) is 32.1. The predicted molar refractivity (Wildman–Crippen MR) is 325 cm³/mol. The van der Waals surface area contributed by atoms with Crippen LogP contribution >= 0.6 is 0 Å². The Hall–Kier alpha value is -2.92. The molecule has 0 aromatic rings. The van der Waals surface area contributed by atoms with E-state index in [0.29, 0.717) is 12.8 Å². The summed E-state index contributed by atoms with van der Waals surface area (Å²) in [7, 11) is 0. The highest BCUT2D eigenvalue weighted by molar-refractivity contribution is 5.70. The minimum Gasteiger partial charge on any atom is -0.462 e. The van der Waals surface area contributed by atoms with Crippen LogP contribution < -0.4 is 0 Å². The first kappa shape index (κ1) is 71.1. The number of carbonyl (C=O) groups excluding carboxylic acids is 2. The number of carbonyl (C=O) groups is 2. The highest BCUT2D eigenvalue weighted by atomic mass is 16.6. The van der Waals surface area contributed by atoms with Crippen LogP contribution in [0.15, 0.2) is 85.1 Å². The summed E-state index contributed by atoms with van der Waals surface area (Å²) in [6.07, 6.45) is 90.3. The minimum absolute atomic E-state index is 0.0691. The van der Waals surface area contributed by atoms with Crippen LogP contribution in [0.2, 0.25) is 0 Å². The number of allylic oxidation sites excluding steroid dienone is 14. The number of hydrogen-bond donors (Lipinski definition) is 1. The Morgan fingerprint density at radius 2 is 0.581 bits per heavy atom. The van der Waals surface area contributed by atoms with Gasteiger partial charge in [-0.05, 0) is 89.9 Å². The molecule has 428 valence electrons. The lowest BCUT2D eigenvalue weighted by Crippen LogP contribution is -2.28. The van der Waals surface area contributed by atoms with Gasteiger partial charge < -0.3 is 14.6 Å². The molecule has 0 saturated carbocycles. The Kier molecular flexibility index (Phi) is 61.8. The van der Waals surface area contributed by atoms with E-state index in [4.69, 9.17) is 9.47 Å². The number of esters is 2. The quantitative estimate of drug-likeness (QED) is 0.0373. The molecule has 0 aromatic heterocycles. The summed E-state index contributed by atoms with van der Waals surface area (Å²) < 4.78 is 10.7. The smallest absolute Gasteiger partial charge is 0.306 e. The Morgan fingerprint density at radius 3 is 0.878 bits per heavy atom. The second-order valence-electron chi connectivity index (χ2n) is 21.5. The van der Waals surface area contributed by atoms with Crippen molar-refractivity contribution in [2.45, 2.75) is 328 Å². The van der Waals surface area contributed by atoms with Crippen molar-refractivity contribution in [3.63, 3.8) is 0 Å². The molecule has 0 amide bonds. The molecule has 0 spiro atoms. The fourth-order valence-corrected chi connectivity index (χ4v) is 9.38. The van der Waals surface area contributed by atoms with Crippen LogP contribution in [0.3, 0.4) is 0 Å². The van der Waals surface area contributed by atoms with Gasteiger partial charge in [0.05, 0.1) is 6.61 Å². The number of rotatable bonds is 59. The van der Waals surface area contributed by atoms with Crippen molar-refractivity contribution in [2.24, 2.45) is 0 Å². The normalized spacial score (nSPS) is 12.7. The summed E-state index contributed by atoms with van der Waals surface area (Å²) in [5, 5.41) is 9.67. The molecule has 5 nitrogen and oxygen atoms in total. The molecule has 1 N–H and O–H groups in total. The molecule has 0 aliphatic heterocycles. The molecule has 0 rings (SSSR count). The van der Waals surface area contributed by atoms with E-state index in [2.05, 4.69) is 98.9 Å². The van der Waals surface area contributed by atoms with Crippen molar-refractivity contribution in [3.8, 4) is 0 Å². The van der Waals surface area contributed by atoms with Crippen molar-refractivity contribution in [1.82, 2.24) is 0 Å². The topological polar surface area (TPSA) is 72.8 Å². The highest BCUT2D eigenvalue weighted by Gasteiger charge is 2.16. The highest BCUT2D eigenvalue weighted by Crippen LogP contribution is 2.17. The summed E-state index contributed by atoms with van der Waals surface area (Å²) in [6, 6.07) is 0. The Morgan fingerprint density at radius 1 is 0.324 bits per heavy atom. The van der Waals surface area contributed by atoms with E-state index >= 15 is 0 Å². The van der Waals surface area contributed by atoms with Crippen LogP contribution in [-0.4, -0.2) is 36.4 Å². The number of ether oxygens (including phenoxy) is 2. The maximum atomic E-state index is 12.3. The van der Waals surface area contributed by atoms with Crippen molar-refractivity contribution in [2.75, 3.05) is 13.2 Å². The monoisotopic (exact) mass is 1030 g/mol. The van der Waals surface area contributed by atoms with Gasteiger partial charge in [-0.25, -0.2) is 0 Å². The lowest BCUT2D eigenvalue weighted by atomic mass is 10.0. The van der Waals surface area contributed by atoms with E-state index in [1.807, 2.05) is 0 Å². The first-order chi connectivity index (χ1) is 36.6. The molecule has 5 heteroatoms. The maximum absolute atomic E-state index is 12.3. The summed E-state index contributed by atoms with van der Waals surface area (Å²) in [6.45, 7) is 4.04. The van der Waals surface area contributed by atoms with Gasteiger partial charge in [0.15, 0.2) is 6.10 Å². The summed E-state index contributed by atoms with van der Waals surface area (Å²) in [5.41, 5.74) is 0. The number of aliphatic hydroxyl groups excluding tert-OH is 1. The standard InChI is InChI=1S/C69H122O5/c1-3-5-7-9-11-13-15-17-19-21-23-25-26-27-28-29-30-31-32-33-34-35-36-37-38-39-40-41-42-44-45-47-49-51-53-55-57-59-61-63-68(71)73-66-67(65-70)74-69(72)64-62-60-58-56-54-52-50-48-46-43-24-22-20-18-16-14-12-10-8-6-4-2/h6,8,12,14-15,17-18,20-21,23-24,26-27,43,67,70H,3-5,7,9-11,13,16,19,22,25,28-42,44-66H2,1-2H3/b8-6-,14-12-,17-15-,20-18-,23-21-,27-26-,43-24-. The number of aliphatic hydroxyl groups is 1. The van der Waals surface area contributed by atoms with Gasteiger partial charge in [0.1, 0.15) is 6.61 Å². The predicted octanol–water partition coefficient (Wildman–Crippen LogP) is 22.1. The molecule has 0 aliphatic rings. The van der Waals surface area contributed by atoms with E-state index in [9.17, 15) is 14.7 Å². The van der Waals surface area contributed by atoms with Crippen LogP contribution in [0, 0.1) is 0 Å². The van der Waals surface area contributed by atoms with Crippen molar-refractivity contribution in [3.05, 3.63) is 85.1 Å². The summed E-state index contributed by atoms with van der Waals surface area (Å²) in [5.74, 6) is -0.590. The molecule has 0 heterocycles.